The van der Waals surface area contributed by atoms with Gasteiger partial charge >= 0.3 is 12.1 Å². The predicted octanol–water partition coefficient (Wildman–Crippen LogP) is 4.77. The molecule has 0 unspecified atom stereocenters. The number of nitroso groups, excluding NO2 is 1. The van der Waals surface area contributed by atoms with Gasteiger partial charge in [-0.05, 0) is 36.1 Å². The molecule has 0 aliphatic rings. The van der Waals surface area contributed by atoms with Crippen molar-refractivity contribution in [2.45, 2.75) is 32.6 Å². The topological polar surface area (TPSA) is 196 Å². The summed E-state index contributed by atoms with van der Waals surface area (Å²) >= 11 is 5.57. The van der Waals surface area contributed by atoms with Crippen molar-refractivity contribution in [3.63, 3.8) is 0 Å². The molecule has 44 heavy (non-hydrogen) atoms. The summed E-state index contributed by atoms with van der Waals surface area (Å²) in [5, 5.41) is 19.3. The zero-order valence-electron chi connectivity index (χ0n) is 23.3. The number of imidazole rings is 1. The van der Waals surface area contributed by atoms with Crippen molar-refractivity contribution in [1.29, 1.82) is 0 Å². The molecule has 0 aliphatic heterocycles. The van der Waals surface area contributed by atoms with Crippen LogP contribution < -0.4 is 15.4 Å². The minimum atomic E-state index is -0.841. The van der Waals surface area contributed by atoms with Gasteiger partial charge in [0.2, 0.25) is 11.8 Å². The van der Waals surface area contributed by atoms with Gasteiger partial charge < -0.3 is 19.4 Å². The SMILES string of the molecule is O=NN(CCCl)C(=O)NCCCCn1cnc2c(OCc3ccccc3)nc(NC(=O)OCc3ccc([N+](=O)[O-])cc3)nc21. The summed E-state index contributed by atoms with van der Waals surface area (Å²) in [5.41, 5.74) is 2.15. The summed E-state index contributed by atoms with van der Waals surface area (Å²) in [6, 6.07) is 14.4. The van der Waals surface area contributed by atoms with Crippen LogP contribution in [0, 0.1) is 15.0 Å². The number of nitrogens with zero attached hydrogens (tertiary/aromatic N) is 7. The Morgan fingerprint density at radius 3 is 2.50 bits per heavy atom. The quantitative estimate of drug-likeness (QED) is 0.0610. The summed E-state index contributed by atoms with van der Waals surface area (Å²) in [5.74, 6) is 0.153. The highest BCUT2D eigenvalue weighted by molar-refractivity contribution is 6.18. The molecule has 0 aliphatic carbocycles. The van der Waals surface area contributed by atoms with E-state index in [1.807, 2.05) is 30.3 Å². The predicted molar refractivity (Wildman–Crippen MR) is 159 cm³/mol. The van der Waals surface area contributed by atoms with E-state index in [2.05, 4.69) is 30.9 Å². The van der Waals surface area contributed by atoms with E-state index in [1.165, 1.54) is 24.3 Å². The van der Waals surface area contributed by atoms with Gasteiger partial charge in [-0.3, -0.25) is 15.4 Å². The summed E-state index contributed by atoms with van der Waals surface area (Å²) < 4.78 is 13.0. The second-order valence-corrected chi connectivity index (χ2v) is 9.57. The van der Waals surface area contributed by atoms with Crippen molar-refractivity contribution in [2.24, 2.45) is 5.29 Å². The molecule has 2 aromatic carbocycles. The Balaban J connectivity index is 1.42. The van der Waals surface area contributed by atoms with Gasteiger partial charge in [-0.2, -0.15) is 15.0 Å². The minimum Gasteiger partial charge on any atom is -0.471 e. The average Bonchev–Trinajstić information content (AvgIpc) is 3.44. The second kappa shape index (κ2) is 15.7. The van der Waals surface area contributed by atoms with Crippen molar-refractivity contribution in [3.8, 4) is 5.88 Å². The Hall–Kier alpha value is -5.38. The second-order valence-electron chi connectivity index (χ2n) is 9.19. The number of ether oxygens (including phenoxy) is 2. The molecule has 0 fully saturated rings. The van der Waals surface area contributed by atoms with Gasteiger partial charge in [-0.1, -0.05) is 30.3 Å². The molecule has 16 nitrogen and oxygen atoms in total. The van der Waals surface area contributed by atoms with Crippen molar-refractivity contribution in [1.82, 2.24) is 29.8 Å². The number of amides is 3. The number of carbonyl (C=O) groups is 2. The number of urea groups is 1. The summed E-state index contributed by atoms with van der Waals surface area (Å²) in [6.45, 7) is 0.827. The number of hydrogen-bond donors (Lipinski definition) is 2. The van der Waals surface area contributed by atoms with Crippen LogP contribution in [0.3, 0.4) is 0 Å². The maximum absolute atomic E-state index is 12.6. The van der Waals surface area contributed by atoms with Crippen LogP contribution in [-0.2, 0) is 24.5 Å². The fraction of sp³-hybridized carbons (Fsp3) is 0.296. The Labute approximate surface area is 255 Å². The lowest BCUT2D eigenvalue weighted by molar-refractivity contribution is -0.384. The van der Waals surface area contributed by atoms with Gasteiger partial charge in [-0.15, -0.1) is 16.5 Å². The molecule has 0 radical (unpaired) electrons. The number of benzene rings is 2. The number of rotatable bonds is 15. The normalized spacial score (nSPS) is 10.7. The van der Waals surface area contributed by atoms with Crippen LogP contribution in [-0.4, -0.2) is 60.5 Å². The van der Waals surface area contributed by atoms with Crippen LogP contribution in [0.2, 0.25) is 0 Å². The molecule has 4 rings (SSSR count). The number of unbranched alkanes of at least 4 members (excludes halogenated alkanes) is 1. The van der Waals surface area contributed by atoms with Crippen LogP contribution in [0.25, 0.3) is 11.2 Å². The Bertz CT molecular complexity index is 1590. The molecule has 2 heterocycles. The zero-order valence-corrected chi connectivity index (χ0v) is 24.1. The van der Waals surface area contributed by atoms with Gasteiger partial charge in [0.25, 0.3) is 5.69 Å². The highest BCUT2D eigenvalue weighted by Gasteiger charge is 2.18. The number of fused-ring (bicyclic) bond motifs is 1. The van der Waals surface area contributed by atoms with Gasteiger partial charge in [0.15, 0.2) is 11.2 Å². The molecule has 230 valence electrons. The number of nitrogens with one attached hydrogen (secondary N) is 2. The Kier molecular flexibility index (Phi) is 11.3. The lowest BCUT2D eigenvalue weighted by Crippen LogP contribution is -2.37. The Morgan fingerprint density at radius 1 is 1.05 bits per heavy atom. The molecule has 2 N–H and O–H groups in total. The third-order valence-corrected chi connectivity index (χ3v) is 6.28. The van der Waals surface area contributed by atoms with E-state index in [0.29, 0.717) is 42.7 Å². The number of nitro benzene ring substituents is 1. The first-order valence-electron chi connectivity index (χ1n) is 13.4. The number of non-ortho nitro benzene ring substituents is 1. The molecular weight excluding hydrogens is 598 g/mol. The maximum atomic E-state index is 12.6. The molecule has 3 amide bonds. The van der Waals surface area contributed by atoms with Gasteiger partial charge in [0, 0.05) is 31.1 Å². The van der Waals surface area contributed by atoms with E-state index < -0.39 is 17.0 Å². The van der Waals surface area contributed by atoms with Gasteiger partial charge in [0.1, 0.15) is 13.2 Å². The van der Waals surface area contributed by atoms with E-state index in [4.69, 9.17) is 21.1 Å². The number of anilines is 1. The van der Waals surface area contributed by atoms with Crippen LogP contribution in [0.5, 0.6) is 5.88 Å². The highest BCUT2D eigenvalue weighted by Crippen LogP contribution is 2.24. The number of alkyl halides is 1. The largest absolute Gasteiger partial charge is 0.471 e. The van der Waals surface area contributed by atoms with E-state index in [9.17, 15) is 24.6 Å². The van der Waals surface area contributed by atoms with Crippen LogP contribution in [0.15, 0.2) is 66.2 Å². The standard InChI is InChI=1S/C27H28ClN9O7/c28-12-15-36(34-40)26(38)29-13-4-5-14-35-18-30-22-23(35)31-25(32-24(22)43-16-19-6-2-1-3-7-19)33-27(39)44-17-20-8-10-21(11-9-20)37(41)42/h1-3,6-11,18H,4-5,12-17H2,(H,29,38)(H,31,32,33,39). The summed E-state index contributed by atoms with van der Waals surface area (Å²) in [7, 11) is 0. The lowest BCUT2D eigenvalue weighted by Gasteiger charge is -2.13. The molecule has 0 spiro atoms. The van der Waals surface area contributed by atoms with Gasteiger partial charge in [-0.25, -0.2) is 14.6 Å². The Morgan fingerprint density at radius 2 is 1.80 bits per heavy atom. The lowest BCUT2D eigenvalue weighted by atomic mass is 10.2. The molecule has 0 atom stereocenters. The fourth-order valence-electron chi connectivity index (χ4n) is 3.91. The zero-order chi connectivity index (χ0) is 31.3. The van der Waals surface area contributed by atoms with E-state index in [-0.39, 0.29) is 43.2 Å². The number of hydrogen-bond acceptors (Lipinski definition) is 11. The smallest absolute Gasteiger partial charge is 0.414 e. The maximum Gasteiger partial charge on any atom is 0.414 e. The monoisotopic (exact) mass is 625 g/mol. The van der Waals surface area contributed by atoms with E-state index >= 15 is 0 Å². The average molecular weight is 626 g/mol. The number of halogens is 1. The highest BCUT2D eigenvalue weighted by atomic mass is 35.5. The third-order valence-electron chi connectivity index (χ3n) is 6.11. The molecule has 2 aromatic heterocycles. The van der Waals surface area contributed by atoms with Crippen LogP contribution in [0.1, 0.15) is 24.0 Å². The van der Waals surface area contributed by atoms with Crippen molar-refractivity contribution in [2.75, 3.05) is 24.3 Å². The van der Waals surface area contributed by atoms with Gasteiger partial charge in [0.05, 0.1) is 23.1 Å². The van der Waals surface area contributed by atoms with E-state index in [1.54, 1.807) is 10.9 Å². The first-order chi connectivity index (χ1) is 21.4. The van der Waals surface area contributed by atoms with Crippen molar-refractivity contribution >= 4 is 46.5 Å². The first-order valence-corrected chi connectivity index (χ1v) is 13.9. The third kappa shape index (κ3) is 8.81. The van der Waals surface area contributed by atoms with Crippen molar-refractivity contribution < 1.29 is 24.0 Å². The minimum absolute atomic E-state index is 0.00719. The fourth-order valence-corrected chi connectivity index (χ4v) is 4.07. The number of carbonyl (C=O) groups excluding carboxylic acids is 2. The van der Waals surface area contributed by atoms with Crippen molar-refractivity contribution in [3.05, 3.63) is 87.1 Å². The number of aromatic nitrogens is 4. The first kappa shape index (κ1) is 31.6. The summed E-state index contributed by atoms with van der Waals surface area (Å²) in [4.78, 5) is 58.8. The molecule has 17 heteroatoms. The molecular formula is C27H28ClN9O7. The molecule has 0 bridgehead atoms. The van der Waals surface area contributed by atoms with Crippen LogP contribution >= 0.6 is 11.6 Å². The molecule has 4 aromatic rings. The number of aryl methyl sites for hydroxylation is 1. The summed E-state index contributed by atoms with van der Waals surface area (Å²) in [6.07, 6.45) is 1.91. The van der Waals surface area contributed by atoms with E-state index in [0.717, 1.165) is 10.6 Å². The molecule has 0 saturated heterocycles. The number of nitro groups is 1. The molecule has 0 saturated carbocycles. The van der Waals surface area contributed by atoms with Crippen LogP contribution in [0.4, 0.5) is 21.2 Å².